The van der Waals surface area contributed by atoms with Gasteiger partial charge < -0.3 is 15.4 Å². The second kappa shape index (κ2) is 8.25. The standard InChI is InChI=1S/C18H17ClFN3O3/c19-14-9-12(3-4-15(14)20)23-18(25)16-8-11(5-6-21-16)17(24)22-10-13-2-1-7-26-13/h3-6,8-9,13H,1-2,7,10H2,(H,22,24)(H,23,25). The number of hydrogen-bond donors (Lipinski definition) is 2. The van der Waals surface area contributed by atoms with Crippen molar-refractivity contribution >= 4 is 29.1 Å². The summed E-state index contributed by atoms with van der Waals surface area (Å²) in [6.45, 7) is 1.14. The molecule has 2 N–H and O–H groups in total. The number of carbonyl (C=O) groups excluding carboxylic acids is 2. The Morgan fingerprint density at radius 1 is 1.27 bits per heavy atom. The Labute approximate surface area is 154 Å². The molecule has 8 heteroatoms. The van der Waals surface area contributed by atoms with Gasteiger partial charge in [-0.05, 0) is 43.2 Å². The molecule has 3 rings (SSSR count). The SMILES string of the molecule is O=C(NCC1CCCO1)c1ccnc(C(=O)Nc2ccc(F)c(Cl)c2)c1. The fraction of sp³-hybridized carbons (Fsp3) is 0.278. The summed E-state index contributed by atoms with van der Waals surface area (Å²) < 4.78 is 18.6. The topological polar surface area (TPSA) is 80.3 Å². The second-order valence-electron chi connectivity index (χ2n) is 5.86. The van der Waals surface area contributed by atoms with Gasteiger partial charge in [-0.3, -0.25) is 14.6 Å². The van der Waals surface area contributed by atoms with E-state index in [2.05, 4.69) is 15.6 Å². The van der Waals surface area contributed by atoms with E-state index in [-0.39, 0.29) is 22.7 Å². The highest BCUT2D eigenvalue weighted by Crippen LogP contribution is 2.20. The van der Waals surface area contributed by atoms with E-state index in [4.69, 9.17) is 16.3 Å². The molecular formula is C18H17ClFN3O3. The number of anilines is 1. The Morgan fingerprint density at radius 2 is 2.12 bits per heavy atom. The number of halogens is 2. The average Bonchev–Trinajstić information content (AvgIpc) is 3.16. The Kier molecular flexibility index (Phi) is 5.80. The smallest absolute Gasteiger partial charge is 0.274 e. The Balaban J connectivity index is 1.64. The van der Waals surface area contributed by atoms with Crippen LogP contribution in [0.15, 0.2) is 36.5 Å². The molecular weight excluding hydrogens is 361 g/mol. The molecule has 0 saturated carbocycles. The Bertz CT molecular complexity index is 825. The van der Waals surface area contributed by atoms with Crippen molar-refractivity contribution in [3.63, 3.8) is 0 Å². The molecule has 1 saturated heterocycles. The lowest BCUT2D eigenvalue weighted by Gasteiger charge is -2.11. The summed E-state index contributed by atoms with van der Waals surface area (Å²) >= 11 is 5.69. The van der Waals surface area contributed by atoms with Crippen LogP contribution in [0, 0.1) is 5.82 Å². The number of hydrogen-bond acceptors (Lipinski definition) is 4. The summed E-state index contributed by atoms with van der Waals surface area (Å²) in [7, 11) is 0. The van der Waals surface area contributed by atoms with Gasteiger partial charge in [-0.25, -0.2) is 4.39 Å². The molecule has 0 bridgehead atoms. The predicted octanol–water partition coefficient (Wildman–Crippen LogP) is 3.04. The Morgan fingerprint density at radius 3 is 2.85 bits per heavy atom. The summed E-state index contributed by atoms with van der Waals surface area (Å²) in [5.41, 5.74) is 0.715. The van der Waals surface area contributed by atoms with Gasteiger partial charge >= 0.3 is 0 Å². The number of nitrogens with zero attached hydrogens (tertiary/aromatic N) is 1. The largest absolute Gasteiger partial charge is 0.376 e. The molecule has 6 nitrogen and oxygen atoms in total. The first kappa shape index (κ1) is 18.3. The fourth-order valence-electron chi connectivity index (χ4n) is 2.58. The van der Waals surface area contributed by atoms with Gasteiger partial charge in [0.1, 0.15) is 11.5 Å². The molecule has 1 aliphatic rings. The van der Waals surface area contributed by atoms with Gasteiger partial charge in [0, 0.05) is 30.6 Å². The molecule has 0 spiro atoms. The molecule has 0 radical (unpaired) electrons. The molecule has 2 amide bonds. The zero-order chi connectivity index (χ0) is 18.5. The minimum Gasteiger partial charge on any atom is -0.376 e. The first-order chi connectivity index (χ1) is 12.5. The van der Waals surface area contributed by atoms with Crippen LogP contribution in [-0.4, -0.2) is 36.1 Å². The molecule has 1 aromatic heterocycles. The van der Waals surface area contributed by atoms with Crippen molar-refractivity contribution in [1.82, 2.24) is 10.3 Å². The zero-order valence-corrected chi connectivity index (χ0v) is 14.6. The van der Waals surface area contributed by atoms with Gasteiger partial charge in [0.25, 0.3) is 11.8 Å². The van der Waals surface area contributed by atoms with Crippen LogP contribution in [0.4, 0.5) is 10.1 Å². The molecule has 1 aliphatic heterocycles. The third kappa shape index (κ3) is 4.56. The van der Waals surface area contributed by atoms with E-state index in [1.165, 1.54) is 30.5 Å². The molecule has 0 aliphatic carbocycles. The first-order valence-corrected chi connectivity index (χ1v) is 8.53. The second-order valence-corrected chi connectivity index (χ2v) is 6.27. The lowest BCUT2D eigenvalue weighted by atomic mass is 10.2. The van der Waals surface area contributed by atoms with Gasteiger partial charge in [0.2, 0.25) is 0 Å². The molecule has 1 unspecified atom stereocenters. The quantitative estimate of drug-likeness (QED) is 0.839. The summed E-state index contributed by atoms with van der Waals surface area (Å²) in [4.78, 5) is 28.5. The zero-order valence-electron chi connectivity index (χ0n) is 13.8. The molecule has 2 aromatic rings. The fourth-order valence-corrected chi connectivity index (χ4v) is 2.76. The molecule has 1 aromatic carbocycles. The molecule has 2 heterocycles. The highest BCUT2D eigenvalue weighted by Gasteiger charge is 2.17. The molecule has 26 heavy (non-hydrogen) atoms. The van der Waals surface area contributed by atoms with Crippen LogP contribution in [0.1, 0.15) is 33.7 Å². The van der Waals surface area contributed by atoms with Crippen molar-refractivity contribution in [3.05, 3.63) is 58.6 Å². The van der Waals surface area contributed by atoms with Crippen molar-refractivity contribution in [2.75, 3.05) is 18.5 Å². The third-order valence-electron chi connectivity index (χ3n) is 3.95. The number of pyridine rings is 1. The van der Waals surface area contributed by atoms with Crippen LogP contribution in [0.2, 0.25) is 5.02 Å². The van der Waals surface area contributed by atoms with E-state index in [0.29, 0.717) is 24.4 Å². The number of benzene rings is 1. The van der Waals surface area contributed by atoms with Gasteiger partial charge in [0.05, 0.1) is 11.1 Å². The monoisotopic (exact) mass is 377 g/mol. The van der Waals surface area contributed by atoms with Gasteiger partial charge in [-0.15, -0.1) is 0 Å². The lowest BCUT2D eigenvalue weighted by molar-refractivity contribution is 0.0857. The maximum atomic E-state index is 13.2. The summed E-state index contributed by atoms with van der Waals surface area (Å²) in [6.07, 6.45) is 3.33. The van der Waals surface area contributed by atoms with Gasteiger partial charge in [0.15, 0.2) is 0 Å². The highest BCUT2D eigenvalue weighted by atomic mass is 35.5. The highest BCUT2D eigenvalue weighted by molar-refractivity contribution is 6.31. The van der Waals surface area contributed by atoms with Crippen molar-refractivity contribution in [1.29, 1.82) is 0 Å². The van der Waals surface area contributed by atoms with Crippen LogP contribution in [0.5, 0.6) is 0 Å². The first-order valence-electron chi connectivity index (χ1n) is 8.15. The van der Waals surface area contributed by atoms with Gasteiger partial charge in [-0.1, -0.05) is 11.6 Å². The average molecular weight is 378 g/mol. The summed E-state index contributed by atoms with van der Waals surface area (Å²) in [6, 6.07) is 6.76. The normalized spacial score (nSPS) is 16.3. The molecule has 1 atom stereocenters. The van der Waals surface area contributed by atoms with Crippen molar-refractivity contribution in [3.8, 4) is 0 Å². The maximum Gasteiger partial charge on any atom is 0.274 e. The van der Waals surface area contributed by atoms with E-state index in [1.807, 2.05) is 0 Å². The third-order valence-corrected chi connectivity index (χ3v) is 4.24. The number of nitrogens with one attached hydrogen (secondary N) is 2. The van der Waals surface area contributed by atoms with Crippen LogP contribution in [0.25, 0.3) is 0 Å². The van der Waals surface area contributed by atoms with E-state index in [0.717, 1.165) is 18.9 Å². The van der Waals surface area contributed by atoms with Crippen LogP contribution in [-0.2, 0) is 4.74 Å². The lowest BCUT2D eigenvalue weighted by Crippen LogP contribution is -2.32. The summed E-state index contributed by atoms with van der Waals surface area (Å²) in [5.74, 6) is -1.41. The number of carbonyl (C=O) groups is 2. The van der Waals surface area contributed by atoms with E-state index >= 15 is 0 Å². The van der Waals surface area contributed by atoms with Gasteiger partial charge in [-0.2, -0.15) is 0 Å². The van der Waals surface area contributed by atoms with E-state index in [1.54, 1.807) is 0 Å². The number of rotatable bonds is 5. The van der Waals surface area contributed by atoms with Crippen LogP contribution in [0.3, 0.4) is 0 Å². The summed E-state index contributed by atoms with van der Waals surface area (Å²) in [5, 5.41) is 5.25. The van der Waals surface area contributed by atoms with Crippen LogP contribution < -0.4 is 10.6 Å². The minimum atomic E-state index is -0.576. The van der Waals surface area contributed by atoms with Crippen molar-refractivity contribution in [2.24, 2.45) is 0 Å². The van der Waals surface area contributed by atoms with Crippen molar-refractivity contribution in [2.45, 2.75) is 18.9 Å². The van der Waals surface area contributed by atoms with E-state index in [9.17, 15) is 14.0 Å². The number of aromatic nitrogens is 1. The number of ether oxygens (including phenoxy) is 1. The van der Waals surface area contributed by atoms with Crippen LogP contribution >= 0.6 is 11.6 Å². The predicted molar refractivity (Wildman–Crippen MR) is 94.9 cm³/mol. The van der Waals surface area contributed by atoms with Crippen molar-refractivity contribution < 1.29 is 18.7 Å². The molecule has 1 fully saturated rings. The molecule has 136 valence electrons. The Hall–Kier alpha value is -2.51. The maximum absolute atomic E-state index is 13.2. The number of amides is 2. The minimum absolute atomic E-state index is 0.0341. The van der Waals surface area contributed by atoms with E-state index < -0.39 is 11.7 Å².